The van der Waals surface area contributed by atoms with Crippen molar-refractivity contribution in [2.45, 2.75) is 18.9 Å². The number of nitrogens with two attached hydrogens (primary N) is 1. The lowest BCUT2D eigenvalue weighted by atomic mass is 9.98. The van der Waals surface area contributed by atoms with E-state index in [0.717, 1.165) is 36.5 Å². The zero-order valence-electron chi connectivity index (χ0n) is 7.95. The molecule has 2 N–H and O–H groups in total. The third-order valence-corrected chi connectivity index (χ3v) is 2.91. The van der Waals surface area contributed by atoms with E-state index >= 15 is 0 Å². The molecule has 1 atom stereocenters. The van der Waals surface area contributed by atoms with Crippen LogP contribution in [0.2, 0.25) is 0 Å². The van der Waals surface area contributed by atoms with Gasteiger partial charge in [-0.05, 0) is 11.6 Å². The molecule has 0 saturated heterocycles. The topological polar surface area (TPSA) is 44.5 Å². The van der Waals surface area contributed by atoms with E-state index in [0.29, 0.717) is 6.61 Å². The van der Waals surface area contributed by atoms with Crippen LogP contribution in [0, 0.1) is 0 Å². The number of hydrogen-bond donors (Lipinski definition) is 1. The summed E-state index contributed by atoms with van der Waals surface area (Å²) in [6.45, 7) is 1.50. The second-order valence-electron chi connectivity index (χ2n) is 3.84. The van der Waals surface area contributed by atoms with Crippen molar-refractivity contribution in [3.8, 4) is 11.5 Å². The lowest BCUT2D eigenvalue weighted by Crippen LogP contribution is -2.20. The van der Waals surface area contributed by atoms with Crippen LogP contribution in [0.4, 0.5) is 0 Å². The quantitative estimate of drug-likeness (QED) is 0.674. The molecule has 2 heterocycles. The second-order valence-corrected chi connectivity index (χ2v) is 3.84. The standard InChI is InChI=1S/C11H13NO2/c12-9-2-4-14-11-6-10-7(1-3-13-10)5-8(9)11/h5-6,9H,1-4,12H2. The average Bonchev–Trinajstić information content (AvgIpc) is 2.62. The number of ether oxygens (including phenoxy) is 2. The zero-order chi connectivity index (χ0) is 9.54. The monoisotopic (exact) mass is 191 g/mol. The Bertz CT molecular complexity index is 376. The molecule has 2 aliphatic heterocycles. The van der Waals surface area contributed by atoms with Crippen LogP contribution in [0.3, 0.4) is 0 Å². The molecule has 3 heteroatoms. The summed E-state index contributed by atoms with van der Waals surface area (Å²) in [5, 5.41) is 0. The molecule has 74 valence electrons. The van der Waals surface area contributed by atoms with Gasteiger partial charge in [0.15, 0.2) is 0 Å². The van der Waals surface area contributed by atoms with Crippen molar-refractivity contribution in [1.82, 2.24) is 0 Å². The highest BCUT2D eigenvalue weighted by molar-refractivity contribution is 5.50. The summed E-state index contributed by atoms with van der Waals surface area (Å²) in [7, 11) is 0. The first kappa shape index (κ1) is 8.12. The SMILES string of the molecule is NC1CCOc2cc3c(cc21)CCO3. The first-order chi connectivity index (χ1) is 6.84. The number of hydrogen-bond acceptors (Lipinski definition) is 3. The number of rotatable bonds is 0. The van der Waals surface area contributed by atoms with Crippen LogP contribution in [0.15, 0.2) is 12.1 Å². The van der Waals surface area contributed by atoms with E-state index in [1.165, 1.54) is 5.56 Å². The molecular formula is C11H13NO2. The van der Waals surface area contributed by atoms with Gasteiger partial charge in [0, 0.05) is 30.5 Å². The maximum atomic E-state index is 6.02. The number of benzene rings is 1. The van der Waals surface area contributed by atoms with Crippen molar-refractivity contribution in [3.05, 3.63) is 23.3 Å². The van der Waals surface area contributed by atoms with Crippen LogP contribution in [0.1, 0.15) is 23.6 Å². The maximum absolute atomic E-state index is 6.02. The maximum Gasteiger partial charge on any atom is 0.127 e. The third-order valence-electron chi connectivity index (χ3n) is 2.91. The predicted octanol–water partition coefficient (Wildman–Crippen LogP) is 1.40. The molecule has 14 heavy (non-hydrogen) atoms. The molecule has 0 aromatic heterocycles. The largest absolute Gasteiger partial charge is 0.493 e. The fourth-order valence-electron chi connectivity index (χ4n) is 2.09. The van der Waals surface area contributed by atoms with Crippen LogP contribution >= 0.6 is 0 Å². The van der Waals surface area contributed by atoms with E-state index in [9.17, 15) is 0 Å². The van der Waals surface area contributed by atoms with Crippen molar-refractivity contribution >= 4 is 0 Å². The van der Waals surface area contributed by atoms with Crippen LogP contribution in [-0.2, 0) is 6.42 Å². The van der Waals surface area contributed by atoms with Gasteiger partial charge in [0.1, 0.15) is 11.5 Å². The predicted molar refractivity (Wildman–Crippen MR) is 52.7 cm³/mol. The molecule has 0 spiro atoms. The van der Waals surface area contributed by atoms with Crippen molar-refractivity contribution in [3.63, 3.8) is 0 Å². The minimum atomic E-state index is 0.129. The van der Waals surface area contributed by atoms with Crippen molar-refractivity contribution < 1.29 is 9.47 Å². The zero-order valence-corrected chi connectivity index (χ0v) is 7.95. The Balaban J connectivity index is 2.12. The molecule has 0 saturated carbocycles. The van der Waals surface area contributed by atoms with Gasteiger partial charge in [-0.25, -0.2) is 0 Å². The van der Waals surface area contributed by atoms with Gasteiger partial charge in [-0.2, -0.15) is 0 Å². The Kier molecular flexibility index (Phi) is 1.67. The summed E-state index contributed by atoms with van der Waals surface area (Å²) in [6, 6.07) is 4.25. The molecule has 0 aliphatic carbocycles. The third kappa shape index (κ3) is 1.09. The summed E-state index contributed by atoms with van der Waals surface area (Å²) in [5.74, 6) is 1.88. The van der Waals surface area contributed by atoms with Gasteiger partial charge in [0.05, 0.1) is 13.2 Å². The first-order valence-electron chi connectivity index (χ1n) is 5.02. The smallest absolute Gasteiger partial charge is 0.127 e. The Morgan fingerprint density at radius 1 is 1.14 bits per heavy atom. The van der Waals surface area contributed by atoms with Gasteiger partial charge in [0.25, 0.3) is 0 Å². The Hall–Kier alpha value is -1.22. The summed E-state index contributed by atoms with van der Waals surface area (Å²) >= 11 is 0. The van der Waals surface area contributed by atoms with Gasteiger partial charge in [-0.15, -0.1) is 0 Å². The summed E-state index contributed by atoms with van der Waals surface area (Å²) in [4.78, 5) is 0. The molecule has 1 aromatic carbocycles. The number of fused-ring (bicyclic) bond motifs is 2. The molecule has 3 nitrogen and oxygen atoms in total. The van der Waals surface area contributed by atoms with Crippen LogP contribution in [0.25, 0.3) is 0 Å². The van der Waals surface area contributed by atoms with E-state index in [1.807, 2.05) is 6.07 Å². The highest BCUT2D eigenvalue weighted by Crippen LogP contribution is 2.38. The molecule has 0 bridgehead atoms. The lowest BCUT2D eigenvalue weighted by molar-refractivity contribution is 0.267. The van der Waals surface area contributed by atoms with Crippen LogP contribution in [-0.4, -0.2) is 13.2 Å². The fourth-order valence-corrected chi connectivity index (χ4v) is 2.09. The molecule has 1 aromatic rings. The lowest BCUT2D eigenvalue weighted by Gasteiger charge is -2.23. The molecule has 3 rings (SSSR count). The van der Waals surface area contributed by atoms with Crippen molar-refractivity contribution in [2.75, 3.05) is 13.2 Å². The molecule has 1 unspecified atom stereocenters. The normalized spacial score (nSPS) is 23.4. The fraction of sp³-hybridized carbons (Fsp3) is 0.455. The minimum absolute atomic E-state index is 0.129. The first-order valence-corrected chi connectivity index (χ1v) is 5.02. The molecule has 0 radical (unpaired) electrons. The molecular weight excluding hydrogens is 178 g/mol. The van der Waals surface area contributed by atoms with E-state index in [4.69, 9.17) is 15.2 Å². The van der Waals surface area contributed by atoms with Gasteiger partial charge < -0.3 is 15.2 Å². The van der Waals surface area contributed by atoms with E-state index in [1.54, 1.807) is 0 Å². The summed E-state index contributed by atoms with van der Waals surface area (Å²) < 4.78 is 11.0. The van der Waals surface area contributed by atoms with Gasteiger partial charge >= 0.3 is 0 Å². The van der Waals surface area contributed by atoms with E-state index < -0.39 is 0 Å². The van der Waals surface area contributed by atoms with Crippen LogP contribution < -0.4 is 15.2 Å². The Morgan fingerprint density at radius 2 is 2.00 bits per heavy atom. The molecule has 2 aliphatic rings. The van der Waals surface area contributed by atoms with E-state index in [2.05, 4.69) is 6.07 Å². The molecule has 0 amide bonds. The minimum Gasteiger partial charge on any atom is -0.493 e. The average molecular weight is 191 g/mol. The summed E-state index contributed by atoms with van der Waals surface area (Å²) in [5.41, 5.74) is 8.43. The van der Waals surface area contributed by atoms with Crippen molar-refractivity contribution in [1.29, 1.82) is 0 Å². The van der Waals surface area contributed by atoms with Gasteiger partial charge in [-0.1, -0.05) is 0 Å². The second kappa shape index (κ2) is 2.89. The van der Waals surface area contributed by atoms with Crippen LogP contribution in [0.5, 0.6) is 11.5 Å². The Morgan fingerprint density at radius 3 is 2.93 bits per heavy atom. The van der Waals surface area contributed by atoms with Crippen molar-refractivity contribution in [2.24, 2.45) is 5.73 Å². The highest BCUT2D eigenvalue weighted by atomic mass is 16.5. The van der Waals surface area contributed by atoms with Gasteiger partial charge in [0.2, 0.25) is 0 Å². The molecule has 0 fully saturated rings. The summed E-state index contributed by atoms with van der Waals surface area (Å²) in [6.07, 6.45) is 1.90. The van der Waals surface area contributed by atoms with E-state index in [-0.39, 0.29) is 6.04 Å². The highest BCUT2D eigenvalue weighted by Gasteiger charge is 2.22. The van der Waals surface area contributed by atoms with Gasteiger partial charge in [-0.3, -0.25) is 0 Å². The Labute approximate surface area is 82.8 Å².